The van der Waals surface area contributed by atoms with E-state index in [1.807, 2.05) is 30.3 Å². The first-order valence-corrected chi connectivity index (χ1v) is 13.7. The molecule has 2 N–H and O–H groups in total. The molecule has 0 heterocycles. The average Bonchev–Trinajstić information content (AvgIpc) is 2.86. The maximum Gasteiger partial charge on any atom is 0.326 e. The SMILES string of the molecule is CCCCCCCCCCCCCCCCC(=O)N[C@@H](CCC(=O)OCc1ccccc1)C(=O)O. The lowest BCUT2D eigenvalue weighted by molar-refractivity contribution is -0.146. The number of amides is 1. The van der Waals surface area contributed by atoms with Crippen LogP contribution in [-0.2, 0) is 25.7 Å². The van der Waals surface area contributed by atoms with E-state index in [9.17, 15) is 19.5 Å². The normalized spacial score (nSPS) is 11.7. The number of carboxylic acid groups (broad SMARTS) is 1. The molecule has 0 bridgehead atoms. The first kappa shape index (κ1) is 30.7. The molecule has 0 aromatic heterocycles. The third-order valence-electron chi connectivity index (χ3n) is 6.27. The number of ether oxygens (including phenoxy) is 1. The fraction of sp³-hybridized carbons (Fsp3) is 0.690. The molecule has 1 rings (SSSR count). The predicted molar refractivity (Wildman–Crippen MR) is 140 cm³/mol. The summed E-state index contributed by atoms with van der Waals surface area (Å²) in [4.78, 5) is 35.5. The van der Waals surface area contributed by atoms with E-state index < -0.39 is 18.0 Å². The molecule has 0 aliphatic heterocycles. The minimum atomic E-state index is -1.13. The standard InChI is InChI=1S/C29H47NO5/c1-2-3-4-5-6-7-8-9-10-11-12-13-14-18-21-27(31)30-26(29(33)34)22-23-28(32)35-24-25-19-16-15-17-20-25/h15-17,19-20,26H,2-14,18,21-24H2,1H3,(H,30,31)(H,33,34)/t26-/m0/s1. The Morgan fingerprint density at radius 3 is 1.80 bits per heavy atom. The van der Waals surface area contributed by atoms with Crippen molar-refractivity contribution in [1.82, 2.24) is 5.32 Å². The first-order valence-electron chi connectivity index (χ1n) is 13.7. The zero-order valence-electron chi connectivity index (χ0n) is 21.8. The molecule has 1 aromatic carbocycles. The van der Waals surface area contributed by atoms with Gasteiger partial charge in [0.05, 0.1) is 0 Å². The van der Waals surface area contributed by atoms with Gasteiger partial charge in [-0.1, -0.05) is 121 Å². The van der Waals surface area contributed by atoms with Crippen molar-refractivity contribution in [3.63, 3.8) is 0 Å². The van der Waals surface area contributed by atoms with Crippen LogP contribution in [0.5, 0.6) is 0 Å². The molecule has 6 heteroatoms. The third kappa shape index (κ3) is 17.7. The fourth-order valence-electron chi connectivity index (χ4n) is 4.08. The van der Waals surface area contributed by atoms with Crippen LogP contribution in [0.1, 0.15) is 122 Å². The average molecular weight is 490 g/mol. The molecular weight excluding hydrogens is 442 g/mol. The van der Waals surface area contributed by atoms with Gasteiger partial charge in [0.25, 0.3) is 0 Å². The fourth-order valence-corrected chi connectivity index (χ4v) is 4.08. The lowest BCUT2D eigenvalue weighted by Gasteiger charge is -2.14. The zero-order chi connectivity index (χ0) is 25.6. The van der Waals surface area contributed by atoms with Crippen LogP contribution in [0.2, 0.25) is 0 Å². The van der Waals surface area contributed by atoms with E-state index in [2.05, 4.69) is 12.2 Å². The number of hydrogen-bond donors (Lipinski definition) is 2. The van der Waals surface area contributed by atoms with E-state index in [0.717, 1.165) is 24.8 Å². The van der Waals surface area contributed by atoms with E-state index in [1.165, 1.54) is 70.6 Å². The molecule has 0 saturated heterocycles. The minimum absolute atomic E-state index is 0.0213. The summed E-state index contributed by atoms with van der Waals surface area (Å²) < 4.78 is 5.18. The van der Waals surface area contributed by atoms with Crippen molar-refractivity contribution < 1.29 is 24.2 Å². The number of hydrogen-bond acceptors (Lipinski definition) is 4. The summed E-state index contributed by atoms with van der Waals surface area (Å²) in [6, 6.07) is 8.23. The number of nitrogens with one attached hydrogen (secondary N) is 1. The number of carboxylic acids is 1. The molecule has 0 aliphatic carbocycles. The number of rotatable bonds is 22. The van der Waals surface area contributed by atoms with Gasteiger partial charge >= 0.3 is 11.9 Å². The smallest absolute Gasteiger partial charge is 0.326 e. The van der Waals surface area contributed by atoms with Crippen LogP contribution in [0, 0.1) is 0 Å². The Kier molecular flexibility index (Phi) is 18.4. The van der Waals surface area contributed by atoms with Gasteiger partial charge in [0.15, 0.2) is 0 Å². The van der Waals surface area contributed by atoms with Crippen molar-refractivity contribution in [3.05, 3.63) is 35.9 Å². The summed E-state index contributed by atoms with van der Waals surface area (Å²) in [5.74, 6) is -1.87. The molecule has 198 valence electrons. The summed E-state index contributed by atoms with van der Waals surface area (Å²) in [6.07, 6.45) is 17.7. The van der Waals surface area contributed by atoms with Crippen LogP contribution in [-0.4, -0.2) is 29.0 Å². The Morgan fingerprint density at radius 2 is 1.29 bits per heavy atom. The van der Waals surface area contributed by atoms with Crippen molar-refractivity contribution in [2.24, 2.45) is 0 Å². The van der Waals surface area contributed by atoms with Gasteiger partial charge in [-0.05, 0) is 18.4 Å². The second kappa shape index (κ2) is 21.0. The van der Waals surface area contributed by atoms with Gasteiger partial charge in [-0.3, -0.25) is 9.59 Å². The molecule has 1 aromatic rings. The second-order valence-corrected chi connectivity index (χ2v) is 9.49. The molecular formula is C29H47NO5. The first-order chi connectivity index (χ1) is 17.0. The topological polar surface area (TPSA) is 92.7 Å². The van der Waals surface area contributed by atoms with Gasteiger partial charge < -0.3 is 15.2 Å². The number of esters is 1. The Hall–Kier alpha value is -2.37. The van der Waals surface area contributed by atoms with Crippen molar-refractivity contribution in [2.75, 3.05) is 0 Å². The molecule has 35 heavy (non-hydrogen) atoms. The van der Waals surface area contributed by atoms with E-state index in [0.29, 0.717) is 6.42 Å². The number of carbonyl (C=O) groups excluding carboxylic acids is 2. The van der Waals surface area contributed by atoms with Gasteiger partial charge in [-0.25, -0.2) is 4.79 Å². The maximum absolute atomic E-state index is 12.1. The second-order valence-electron chi connectivity index (χ2n) is 9.49. The van der Waals surface area contributed by atoms with Gasteiger partial charge in [-0.2, -0.15) is 0 Å². The Morgan fingerprint density at radius 1 is 0.771 bits per heavy atom. The van der Waals surface area contributed by atoms with Crippen LogP contribution in [0.4, 0.5) is 0 Å². The zero-order valence-corrected chi connectivity index (χ0v) is 21.8. The maximum atomic E-state index is 12.1. The van der Waals surface area contributed by atoms with Crippen LogP contribution in [0.15, 0.2) is 30.3 Å². The Balaban J connectivity index is 2.02. The van der Waals surface area contributed by atoms with Crippen molar-refractivity contribution in [1.29, 1.82) is 0 Å². The quantitative estimate of drug-likeness (QED) is 0.136. The van der Waals surface area contributed by atoms with E-state index in [4.69, 9.17) is 4.74 Å². The molecule has 6 nitrogen and oxygen atoms in total. The molecule has 0 spiro atoms. The van der Waals surface area contributed by atoms with Gasteiger partial charge in [-0.15, -0.1) is 0 Å². The number of carbonyl (C=O) groups is 3. The lowest BCUT2D eigenvalue weighted by Crippen LogP contribution is -2.41. The van der Waals surface area contributed by atoms with E-state index in [1.54, 1.807) is 0 Å². The highest BCUT2D eigenvalue weighted by atomic mass is 16.5. The van der Waals surface area contributed by atoms with Crippen molar-refractivity contribution in [3.8, 4) is 0 Å². The van der Waals surface area contributed by atoms with Gasteiger partial charge in [0, 0.05) is 12.8 Å². The molecule has 0 aliphatic rings. The van der Waals surface area contributed by atoms with E-state index in [-0.39, 0.29) is 25.4 Å². The molecule has 0 fully saturated rings. The molecule has 0 radical (unpaired) electrons. The monoisotopic (exact) mass is 489 g/mol. The molecule has 0 unspecified atom stereocenters. The molecule has 1 atom stereocenters. The molecule has 0 saturated carbocycles. The summed E-state index contributed by atoms with van der Waals surface area (Å²) in [6.45, 7) is 2.41. The third-order valence-corrected chi connectivity index (χ3v) is 6.27. The Bertz CT molecular complexity index is 692. The van der Waals surface area contributed by atoms with Crippen molar-refractivity contribution in [2.45, 2.75) is 129 Å². The largest absolute Gasteiger partial charge is 0.480 e. The van der Waals surface area contributed by atoms with Crippen LogP contribution in [0.3, 0.4) is 0 Å². The Labute approximate surface area is 212 Å². The van der Waals surface area contributed by atoms with Gasteiger partial charge in [0.1, 0.15) is 12.6 Å². The number of unbranched alkanes of at least 4 members (excludes halogenated alkanes) is 13. The number of aliphatic carboxylic acids is 1. The highest BCUT2D eigenvalue weighted by Crippen LogP contribution is 2.13. The summed E-state index contributed by atoms with van der Waals surface area (Å²) in [5.41, 5.74) is 0.872. The van der Waals surface area contributed by atoms with Crippen LogP contribution in [0.25, 0.3) is 0 Å². The highest BCUT2D eigenvalue weighted by molar-refractivity contribution is 5.84. The minimum Gasteiger partial charge on any atom is -0.480 e. The van der Waals surface area contributed by atoms with Crippen LogP contribution >= 0.6 is 0 Å². The highest BCUT2D eigenvalue weighted by Gasteiger charge is 2.21. The van der Waals surface area contributed by atoms with Gasteiger partial charge in [0.2, 0.25) is 5.91 Å². The van der Waals surface area contributed by atoms with Crippen LogP contribution < -0.4 is 5.32 Å². The molecule has 1 amide bonds. The summed E-state index contributed by atoms with van der Waals surface area (Å²) in [7, 11) is 0. The number of benzene rings is 1. The van der Waals surface area contributed by atoms with E-state index >= 15 is 0 Å². The van der Waals surface area contributed by atoms with Crippen molar-refractivity contribution >= 4 is 17.8 Å². The predicted octanol–water partition coefficient (Wildman–Crippen LogP) is 6.95. The summed E-state index contributed by atoms with van der Waals surface area (Å²) >= 11 is 0. The lowest BCUT2D eigenvalue weighted by atomic mass is 10.0. The summed E-state index contributed by atoms with van der Waals surface area (Å²) in [5, 5.41) is 11.9.